The smallest absolute Gasteiger partial charge is 0.244 e. The molecule has 7 nitrogen and oxygen atoms in total. The SMILES string of the molecule is N#Cc1cccn1CCC(NS(=O)(=O)c1c(Cl)cccc1Cl)C(=O)N1CCC2(CC1)CC2. The van der Waals surface area contributed by atoms with Gasteiger partial charge >= 0.3 is 0 Å². The summed E-state index contributed by atoms with van der Waals surface area (Å²) in [6, 6.07) is 8.94. The van der Waals surface area contributed by atoms with E-state index in [4.69, 9.17) is 23.2 Å². The third-order valence-electron chi connectivity index (χ3n) is 6.48. The standard InChI is InChI=1S/C22H24Cl2N4O3S/c23-17-4-1-5-18(24)20(17)32(30,31)26-19(6-12-27-11-2-3-16(27)15-25)21(29)28-13-9-22(7-8-22)10-14-28/h1-5,11,19,26H,6-10,12-14H2. The van der Waals surface area contributed by atoms with Crippen LogP contribution in [0.1, 0.15) is 37.8 Å². The first-order chi connectivity index (χ1) is 15.2. The van der Waals surface area contributed by atoms with Gasteiger partial charge in [0.2, 0.25) is 15.9 Å². The molecule has 2 fully saturated rings. The van der Waals surface area contributed by atoms with Crippen LogP contribution in [0.4, 0.5) is 0 Å². The largest absolute Gasteiger partial charge is 0.341 e. The molecule has 1 spiro atoms. The Morgan fingerprint density at radius 2 is 1.78 bits per heavy atom. The zero-order valence-corrected chi connectivity index (χ0v) is 19.8. The van der Waals surface area contributed by atoms with Crippen molar-refractivity contribution in [3.8, 4) is 6.07 Å². The molecule has 2 aromatic rings. The second kappa shape index (κ2) is 9.06. The highest BCUT2D eigenvalue weighted by atomic mass is 35.5. The van der Waals surface area contributed by atoms with Gasteiger partial charge in [-0.3, -0.25) is 4.79 Å². The highest BCUT2D eigenvalue weighted by Gasteiger charge is 2.45. The summed E-state index contributed by atoms with van der Waals surface area (Å²) in [5.74, 6) is -0.266. The average molecular weight is 495 g/mol. The number of nitrogens with zero attached hydrogens (tertiary/aromatic N) is 3. The maximum Gasteiger partial charge on any atom is 0.244 e. The average Bonchev–Trinajstić information content (AvgIpc) is 3.34. The van der Waals surface area contributed by atoms with E-state index in [1.807, 2.05) is 0 Å². The van der Waals surface area contributed by atoms with Gasteiger partial charge in [0.15, 0.2) is 0 Å². The van der Waals surface area contributed by atoms with Gasteiger partial charge in [0, 0.05) is 25.8 Å². The van der Waals surface area contributed by atoms with Crippen LogP contribution in [0.3, 0.4) is 0 Å². The summed E-state index contributed by atoms with van der Waals surface area (Å²) >= 11 is 12.2. The molecule has 1 aromatic carbocycles. The van der Waals surface area contributed by atoms with Crippen molar-refractivity contribution in [1.29, 1.82) is 5.26 Å². The highest BCUT2D eigenvalue weighted by Crippen LogP contribution is 2.53. The number of hydrogen-bond acceptors (Lipinski definition) is 4. The molecule has 1 aliphatic heterocycles. The molecule has 0 bridgehead atoms. The molecule has 32 heavy (non-hydrogen) atoms. The van der Waals surface area contributed by atoms with Crippen molar-refractivity contribution in [1.82, 2.24) is 14.2 Å². The Balaban J connectivity index is 1.56. The molecule has 1 saturated carbocycles. The Morgan fingerprint density at radius 3 is 2.38 bits per heavy atom. The van der Waals surface area contributed by atoms with E-state index in [0.29, 0.717) is 30.7 Å². The molecule has 1 N–H and O–H groups in total. The second-order valence-electron chi connectivity index (χ2n) is 8.54. The second-order valence-corrected chi connectivity index (χ2v) is 11.0. The fraction of sp³-hybridized carbons (Fsp3) is 0.455. The molecule has 2 aliphatic rings. The number of rotatable bonds is 7. The number of hydrogen-bond donors (Lipinski definition) is 1. The number of amides is 1. The lowest BCUT2D eigenvalue weighted by atomic mass is 9.93. The van der Waals surface area contributed by atoms with Gasteiger partial charge in [-0.25, -0.2) is 8.42 Å². The number of likely N-dealkylation sites (tertiary alicyclic amines) is 1. The molecule has 1 unspecified atom stereocenters. The number of sulfonamides is 1. The zero-order valence-electron chi connectivity index (χ0n) is 17.4. The number of carbonyl (C=O) groups is 1. The van der Waals surface area contributed by atoms with Crippen LogP contribution in [0.15, 0.2) is 41.4 Å². The first-order valence-corrected chi connectivity index (χ1v) is 12.8. The normalized spacial score (nSPS) is 18.3. The zero-order chi connectivity index (χ0) is 22.9. The van der Waals surface area contributed by atoms with Gasteiger partial charge in [0.05, 0.1) is 10.0 Å². The minimum Gasteiger partial charge on any atom is -0.341 e. The van der Waals surface area contributed by atoms with E-state index in [9.17, 15) is 18.5 Å². The fourth-order valence-corrected chi connectivity index (χ4v) is 6.66. The number of nitriles is 1. The lowest BCUT2D eigenvalue weighted by Gasteiger charge is -2.34. The molecule has 10 heteroatoms. The van der Waals surface area contributed by atoms with Gasteiger partial charge in [-0.1, -0.05) is 29.3 Å². The summed E-state index contributed by atoms with van der Waals surface area (Å²) in [4.78, 5) is 14.9. The minimum absolute atomic E-state index is 0.0120. The number of nitrogens with one attached hydrogen (secondary N) is 1. The Morgan fingerprint density at radius 1 is 1.12 bits per heavy atom. The van der Waals surface area contributed by atoms with Crippen molar-refractivity contribution in [2.24, 2.45) is 5.41 Å². The van der Waals surface area contributed by atoms with Crippen LogP contribution < -0.4 is 4.72 Å². The number of carbonyl (C=O) groups excluding carboxylic acids is 1. The van der Waals surface area contributed by atoms with Crippen molar-refractivity contribution >= 4 is 39.1 Å². The fourth-order valence-electron chi connectivity index (χ4n) is 4.30. The Hall–Kier alpha value is -2.05. The predicted octanol–water partition coefficient (Wildman–Crippen LogP) is 3.81. The lowest BCUT2D eigenvalue weighted by Crippen LogP contribution is -2.51. The number of halogens is 2. The van der Waals surface area contributed by atoms with E-state index in [1.54, 1.807) is 33.9 Å². The molecule has 1 saturated heterocycles. The maximum absolute atomic E-state index is 13.4. The van der Waals surface area contributed by atoms with Crippen molar-refractivity contribution in [3.63, 3.8) is 0 Å². The van der Waals surface area contributed by atoms with Crippen LogP contribution in [0.25, 0.3) is 0 Å². The number of aryl methyl sites for hydroxylation is 1. The summed E-state index contributed by atoms with van der Waals surface area (Å²) < 4.78 is 30.6. The molecule has 2 heterocycles. The summed E-state index contributed by atoms with van der Waals surface area (Å²) in [6.45, 7) is 1.55. The molecule has 4 rings (SSSR count). The van der Waals surface area contributed by atoms with Crippen LogP contribution in [-0.4, -0.2) is 42.9 Å². The van der Waals surface area contributed by atoms with Gasteiger partial charge in [0.1, 0.15) is 22.7 Å². The highest BCUT2D eigenvalue weighted by molar-refractivity contribution is 7.89. The van der Waals surface area contributed by atoms with Gasteiger partial charge in [-0.05, 0) is 61.8 Å². The number of piperidine rings is 1. The van der Waals surface area contributed by atoms with E-state index < -0.39 is 16.1 Å². The molecule has 0 radical (unpaired) electrons. The molecular formula is C22H24Cl2N4O3S. The quantitative estimate of drug-likeness (QED) is 0.632. The minimum atomic E-state index is -4.16. The van der Waals surface area contributed by atoms with Gasteiger partial charge in [-0.2, -0.15) is 9.98 Å². The summed E-state index contributed by atoms with van der Waals surface area (Å²) in [6.07, 6.45) is 6.24. The van der Waals surface area contributed by atoms with Crippen LogP contribution in [0.5, 0.6) is 0 Å². The molecule has 1 atom stereocenters. The first kappa shape index (κ1) is 23.1. The Bertz CT molecular complexity index is 1140. The van der Waals surface area contributed by atoms with Crippen LogP contribution in [0.2, 0.25) is 10.0 Å². The summed E-state index contributed by atoms with van der Waals surface area (Å²) in [5.41, 5.74) is 0.839. The van der Waals surface area contributed by atoms with Crippen molar-refractivity contribution in [2.75, 3.05) is 13.1 Å². The number of aromatic nitrogens is 1. The van der Waals surface area contributed by atoms with Crippen LogP contribution in [-0.2, 0) is 21.4 Å². The molecule has 1 aliphatic carbocycles. The van der Waals surface area contributed by atoms with Crippen molar-refractivity contribution in [2.45, 2.75) is 49.6 Å². The van der Waals surface area contributed by atoms with Crippen LogP contribution >= 0.6 is 23.2 Å². The number of benzene rings is 1. The molecule has 1 amide bonds. The van der Waals surface area contributed by atoms with E-state index in [0.717, 1.165) is 12.8 Å². The lowest BCUT2D eigenvalue weighted by molar-refractivity contribution is -0.134. The summed E-state index contributed by atoms with van der Waals surface area (Å²) in [5, 5.41) is 9.23. The van der Waals surface area contributed by atoms with E-state index >= 15 is 0 Å². The Kier molecular flexibility index (Phi) is 6.55. The monoisotopic (exact) mass is 494 g/mol. The molecular weight excluding hydrogens is 471 g/mol. The molecule has 170 valence electrons. The maximum atomic E-state index is 13.4. The third kappa shape index (κ3) is 4.81. The van der Waals surface area contributed by atoms with Gasteiger partial charge < -0.3 is 9.47 Å². The van der Waals surface area contributed by atoms with E-state index in [1.165, 1.54) is 25.0 Å². The van der Waals surface area contributed by atoms with E-state index in [-0.39, 0.29) is 27.3 Å². The third-order valence-corrected chi connectivity index (χ3v) is 8.90. The molecule has 1 aromatic heterocycles. The van der Waals surface area contributed by atoms with Crippen molar-refractivity contribution < 1.29 is 13.2 Å². The van der Waals surface area contributed by atoms with Gasteiger partial charge in [-0.15, -0.1) is 0 Å². The topological polar surface area (TPSA) is 95.2 Å². The van der Waals surface area contributed by atoms with Crippen LogP contribution in [0, 0.1) is 16.7 Å². The Labute approximate surface area is 198 Å². The van der Waals surface area contributed by atoms with E-state index in [2.05, 4.69) is 10.8 Å². The predicted molar refractivity (Wildman–Crippen MR) is 122 cm³/mol. The van der Waals surface area contributed by atoms with Gasteiger partial charge in [0.25, 0.3) is 0 Å². The van der Waals surface area contributed by atoms with Crippen molar-refractivity contribution in [3.05, 3.63) is 52.3 Å². The summed E-state index contributed by atoms with van der Waals surface area (Å²) in [7, 11) is -4.16. The first-order valence-electron chi connectivity index (χ1n) is 10.6.